The van der Waals surface area contributed by atoms with Crippen molar-refractivity contribution >= 4 is 39.1 Å². The molecule has 3 aromatic carbocycles. The Morgan fingerprint density at radius 1 is 0.974 bits per heavy atom. The Bertz CT molecular complexity index is 1330. The Morgan fingerprint density at radius 2 is 1.61 bits per heavy atom. The number of nitrogens with one attached hydrogen (secondary N) is 1. The van der Waals surface area contributed by atoms with Crippen LogP contribution in [0.5, 0.6) is 0 Å². The Morgan fingerprint density at radius 3 is 2.24 bits per heavy atom. The van der Waals surface area contributed by atoms with Crippen molar-refractivity contribution in [1.29, 1.82) is 0 Å². The van der Waals surface area contributed by atoms with Crippen molar-refractivity contribution in [2.75, 3.05) is 17.4 Å². The third-order valence-electron chi connectivity index (χ3n) is 6.24. The lowest BCUT2D eigenvalue weighted by atomic mass is 10.1. The van der Waals surface area contributed by atoms with Crippen LogP contribution in [0.2, 0.25) is 5.02 Å². The first-order valence-corrected chi connectivity index (χ1v) is 14.4. The Kier molecular flexibility index (Phi) is 10.3. The number of aryl methyl sites for hydroxylation is 1. The summed E-state index contributed by atoms with van der Waals surface area (Å²) in [6, 6.07) is 21.3. The fourth-order valence-electron chi connectivity index (χ4n) is 3.98. The standard InChI is InChI=1S/C29H34ClN3O4S/c1-4-5-18-31-29(35)23(3)32(20-24-12-8-6-9-13-24)28(34)21-33(27-19-25(30)17-16-22(27)2)38(36,37)26-14-10-7-11-15-26/h6-17,19,23H,4-5,18,20-21H2,1-3H3,(H,31,35)/t23-/m1/s1. The number of benzene rings is 3. The molecule has 0 aromatic heterocycles. The first-order chi connectivity index (χ1) is 18.1. The number of halogens is 1. The third-order valence-corrected chi connectivity index (χ3v) is 8.25. The van der Waals surface area contributed by atoms with E-state index in [1.54, 1.807) is 44.2 Å². The fourth-order valence-corrected chi connectivity index (χ4v) is 5.64. The summed E-state index contributed by atoms with van der Waals surface area (Å²) < 4.78 is 28.7. The van der Waals surface area contributed by atoms with E-state index < -0.39 is 28.5 Å². The van der Waals surface area contributed by atoms with Crippen LogP contribution in [0.4, 0.5) is 5.69 Å². The molecule has 0 aliphatic rings. The second-order valence-corrected chi connectivity index (χ2v) is 11.4. The summed E-state index contributed by atoms with van der Waals surface area (Å²) in [4.78, 5) is 28.3. The Labute approximate surface area is 230 Å². The van der Waals surface area contributed by atoms with Crippen LogP contribution < -0.4 is 9.62 Å². The summed E-state index contributed by atoms with van der Waals surface area (Å²) in [5, 5.41) is 3.22. The molecule has 1 N–H and O–H groups in total. The van der Waals surface area contributed by atoms with Crippen molar-refractivity contribution in [3.63, 3.8) is 0 Å². The van der Waals surface area contributed by atoms with Gasteiger partial charge in [0.25, 0.3) is 10.0 Å². The van der Waals surface area contributed by atoms with E-state index >= 15 is 0 Å². The maximum absolute atomic E-state index is 13.9. The molecule has 3 aromatic rings. The highest BCUT2D eigenvalue weighted by Crippen LogP contribution is 2.30. The highest BCUT2D eigenvalue weighted by Gasteiger charge is 2.33. The summed E-state index contributed by atoms with van der Waals surface area (Å²) in [5.41, 5.74) is 1.77. The number of carbonyl (C=O) groups excluding carboxylic acids is 2. The fraction of sp³-hybridized carbons (Fsp3) is 0.310. The zero-order valence-corrected chi connectivity index (χ0v) is 23.5. The molecule has 202 valence electrons. The van der Waals surface area contributed by atoms with E-state index in [2.05, 4.69) is 5.32 Å². The van der Waals surface area contributed by atoms with E-state index in [1.165, 1.54) is 23.1 Å². The number of unbranched alkanes of at least 4 members (excludes halogenated alkanes) is 1. The van der Waals surface area contributed by atoms with Crippen LogP contribution in [-0.2, 0) is 26.2 Å². The second kappa shape index (κ2) is 13.4. The van der Waals surface area contributed by atoms with Gasteiger partial charge in [-0.2, -0.15) is 0 Å². The number of hydrogen-bond acceptors (Lipinski definition) is 4. The largest absolute Gasteiger partial charge is 0.354 e. The minimum Gasteiger partial charge on any atom is -0.354 e. The molecule has 0 spiro atoms. The molecular formula is C29H34ClN3O4S. The van der Waals surface area contributed by atoms with Crippen LogP contribution in [0, 0.1) is 6.92 Å². The molecule has 3 rings (SSSR count). The number of rotatable bonds is 12. The van der Waals surface area contributed by atoms with Gasteiger partial charge in [-0.15, -0.1) is 0 Å². The van der Waals surface area contributed by atoms with Crippen LogP contribution in [0.1, 0.15) is 37.8 Å². The number of carbonyl (C=O) groups is 2. The molecule has 0 fully saturated rings. The summed E-state index contributed by atoms with van der Waals surface area (Å²) in [6.07, 6.45) is 1.74. The first-order valence-electron chi connectivity index (χ1n) is 12.6. The highest BCUT2D eigenvalue weighted by molar-refractivity contribution is 7.92. The van der Waals surface area contributed by atoms with Crippen molar-refractivity contribution in [3.05, 3.63) is 95.0 Å². The van der Waals surface area contributed by atoms with E-state index in [1.807, 2.05) is 37.3 Å². The minimum absolute atomic E-state index is 0.0483. The molecule has 0 radical (unpaired) electrons. The van der Waals surface area contributed by atoms with Gasteiger partial charge in [-0.05, 0) is 55.7 Å². The van der Waals surface area contributed by atoms with Gasteiger partial charge in [0.1, 0.15) is 12.6 Å². The minimum atomic E-state index is -4.13. The van der Waals surface area contributed by atoms with Crippen molar-refractivity contribution in [1.82, 2.24) is 10.2 Å². The molecule has 0 saturated carbocycles. The SMILES string of the molecule is CCCCNC(=O)[C@@H](C)N(Cc1ccccc1)C(=O)CN(c1cc(Cl)ccc1C)S(=O)(=O)c1ccccc1. The van der Waals surface area contributed by atoms with E-state index in [0.29, 0.717) is 22.8 Å². The van der Waals surface area contributed by atoms with Gasteiger partial charge in [0.2, 0.25) is 11.8 Å². The molecule has 7 nitrogen and oxygen atoms in total. The molecule has 0 aliphatic heterocycles. The molecule has 2 amide bonds. The summed E-state index contributed by atoms with van der Waals surface area (Å²) in [6.45, 7) is 5.59. The number of anilines is 1. The molecule has 0 saturated heterocycles. The van der Waals surface area contributed by atoms with E-state index in [0.717, 1.165) is 22.7 Å². The number of nitrogens with zero attached hydrogens (tertiary/aromatic N) is 2. The third kappa shape index (κ3) is 7.36. The maximum Gasteiger partial charge on any atom is 0.264 e. The first kappa shape index (κ1) is 29.2. The molecule has 0 unspecified atom stereocenters. The van der Waals surface area contributed by atoms with E-state index in [-0.39, 0.29) is 17.3 Å². The number of hydrogen-bond donors (Lipinski definition) is 1. The monoisotopic (exact) mass is 555 g/mol. The van der Waals surface area contributed by atoms with Crippen LogP contribution in [0.3, 0.4) is 0 Å². The van der Waals surface area contributed by atoms with Crippen LogP contribution in [0.15, 0.2) is 83.8 Å². The molecule has 9 heteroatoms. The predicted molar refractivity (Wildman–Crippen MR) is 152 cm³/mol. The Hall–Kier alpha value is -3.36. The lowest BCUT2D eigenvalue weighted by molar-refractivity contribution is -0.139. The lowest BCUT2D eigenvalue weighted by Gasteiger charge is -2.32. The van der Waals surface area contributed by atoms with E-state index in [4.69, 9.17) is 11.6 Å². The van der Waals surface area contributed by atoms with Gasteiger partial charge in [-0.25, -0.2) is 8.42 Å². The van der Waals surface area contributed by atoms with Gasteiger partial charge >= 0.3 is 0 Å². The van der Waals surface area contributed by atoms with Crippen LogP contribution in [-0.4, -0.2) is 44.3 Å². The average molecular weight is 556 g/mol. The van der Waals surface area contributed by atoms with E-state index in [9.17, 15) is 18.0 Å². The van der Waals surface area contributed by atoms with Gasteiger partial charge in [0.05, 0.1) is 10.6 Å². The molecule has 1 atom stereocenters. The zero-order chi connectivity index (χ0) is 27.7. The predicted octanol–water partition coefficient (Wildman–Crippen LogP) is 5.18. The smallest absolute Gasteiger partial charge is 0.264 e. The van der Waals surface area contributed by atoms with Gasteiger partial charge in [0.15, 0.2) is 0 Å². The normalized spacial score (nSPS) is 12.0. The quantitative estimate of drug-likeness (QED) is 0.312. The number of sulfonamides is 1. The highest BCUT2D eigenvalue weighted by atomic mass is 35.5. The van der Waals surface area contributed by atoms with Crippen molar-refractivity contribution in [2.24, 2.45) is 0 Å². The second-order valence-electron chi connectivity index (χ2n) is 9.08. The van der Waals surface area contributed by atoms with Crippen molar-refractivity contribution < 1.29 is 18.0 Å². The topological polar surface area (TPSA) is 86.8 Å². The molecule has 0 bridgehead atoms. The van der Waals surface area contributed by atoms with Gasteiger partial charge < -0.3 is 10.2 Å². The van der Waals surface area contributed by atoms with Gasteiger partial charge in [0, 0.05) is 18.1 Å². The van der Waals surface area contributed by atoms with Crippen LogP contribution in [0.25, 0.3) is 0 Å². The molecule has 0 aliphatic carbocycles. The Balaban J connectivity index is 2.01. The lowest BCUT2D eigenvalue weighted by Crippen LogP contribution is -2.51. The molecule has 38 heavy (non-hydrogen) atoms. The maximum atomic E-state index is 13.9. The van der Waals surface area contributed by atoms with Gasteiger partial charge in [-0.3, -0.25) is 13.9 Å². The molecule has 0 heterocycles. The molecular weight excluding hydrogens is 522 g/mol. The van der Waals surface area contributed by atoms with Crippen molar-refractivity contribution in [3.8, 4) is 0 Å². The average Bonchev–Trinajstić information content (AvgIpc) is 2.92. The van der Waals surface area contributed by atoms with Gasteiger partial charge in [-0.1, -0.05) is 79.5 Å². The summed E-state index contributed by atoms with van der Waals surface area (Å²) in [7, 11) is -4.13. The zero-order valence-electron chi connectivity index (χ0n) is 21.9. The van der Waals surface area contributed by atoms with Crippen molar-refractivity contribution in [2.45, 2.75) is 51.1 Å². The summed E-state index contributed by atoms with van der Waals surface area (Å²) >= 11 is 6.25. The van der Waals surface area contributed by atoms with Crippen LogP contribution >= 0.6 is 11.6 Å². The summed E-state index contributed by atoms with van der Waals surface area (Å²) in [5.74, 6) is -0.801. The number of amides is 2.